The number of halogens is 1. The number of nitrogens with zero attached hydrogens (tertiary/aromatic N) is 1. The molecular formula is C9H9BrN2O3. The lowest BCUT2D eigenvalue weighted by Gasteiger charge is -2.03. The Morgan fingerprint density at radius 3 is 2.60 bits per heavy atom. The highest BCUT2D eigenvalue weighted by atomic mass is 79.9. The number of carbonyl (C=O) groups is 2. The first-order valence-electron chi connectivity index (χ1n) is 4.15. The average molecular weight is 273 g/mol. The lowest BCUT2D eigenvalue weighted by atomic mass is 10.1. The first-order valence-corrected chi connectivity index (χ1v) is 5.06. The van der Waals surface area contributed by atoms with Gasteiger partial charge in [0.05, 0.1) is 4.83 Å². The van der Waals surface area contributed by atoms with Crippen LogP contribution in [0, 0.1) is 0 Å². The van der Waals surface area contributed by atoms with Crippen LogP contribution in [0.1, 0.15) is 17.3 Å². The predicted molar refractivity (Wildman–Crippen MR) is 58.6 cm³/mol. The van der Waals surface area contributed by atoms with E-state index in [2.05, 4.69) is 26.2 Å². The highest BCUT2D eigenvalue weighted by Gasteiger charge is 2.12. The molecule has 5 nitrogen and oxygen atoms in total. The van der Waals surface area contributed by atoms with Crippen LogP contribution in [0.4, 0.5) is 10.6 Å². The molecule has 0 aliphatic carbocycles. The van der Waals surface area contributed by atoms with Gasteiger partial charge in [0.1, 0.15) is 5.82 Å². The average Bonchev–Trinajstić information content (AvgIpc) is 2.17. The molecule has 15 heavy (non-hydrogen) atoms. The number of pyridine rings is 1. The zero-order valence-electron chi connectivity index (χ0n) is 7.90. The Morgan fingerprint density at radius 1 is 1.53 bits per heavy atom. The number of Topliss-reactive ketones (excluding diaryl/α,β-unsaturated/α-hetero) is 1. The third kappa shape index (κ3) is 3.32. The minimum absolute atomic E-state index is 0.0932. The van der Waals surface area contributed by atoms with Crippen LogP contribution in [0.5, 0.6) is 0 Å². The smallest absolute Gasteiger partial charge is 0.410 e. The summed E-state index contributed by atoms with van der Waals surface area (Å²) in [5.74, 6) is 0.102. The van der Waals surface area contributed by atoms with Crippen molar-refractivity contribution in [1.29, 1.82) is 0 Å². The molecule has 0 saturated heterocycles. The molecule has 2 N–H and O–H groups in total. The van der Waals surface area contributed by atoms with Crippen molar-refractivity contribution < 1.29 is 14.7 Å². The molecule has 1 aromatic rings. The maximum Gasteiger partial charge on any atom is 0.410 e. The first kappa shape index (κ1) is 11.6. The lowest BCUT2D eigenvalue weighted by Crippen LogP contribution is -2.12. The van der Waals surface area contributed by atoms with Crippen LogP contribution >= 0.6 is 15.9 Å². The number of ketones is 1. The highest BCUT2D eigenvalue weighted by Crippen LogP contribution is 2.11. The number of carbonyl (C=O) groups excluding carboxylic acids is 1. The van der Waals surface area contributed by atoms with Crippen molar-refractivity contribution in [2.24, 2.45) is 0 Å². The molecule has 1 rings (SSSR count). The summed E-state index contributed by atoms with van der Waals surface area (Å²) in [4.78, 5) is 25.2. The summed E-state index contributed by atoms with van der Waals surface area (Å²) in [5.41, 5.74) is 0.440. The molecule has 0 aliphatic heterocycles. The topological polar surface area (TPSA) is 79.3 Å². The molecule has 0 fully saturated rings. The van der Waals surface area contributed by atoms with Gasteiger partial charge in [0.15, 0.2) is 5.78 Å². The normalized spacial score (nSPS) is 11.9. The van der Waals surface area contributed by atoms with Crippen molar-refractivity contribution in [3.8, 4) is 0 Å². The lowest BCUT2D eigenvalue weighted by molar-refractivity contribution is 0.0995. The number of amides is 1. The quantitative estimate of drug-likeness (QED) is 0.653. The number of rotatable bonds is 3. The van der Waals surface area contributed by atoms with Gasteiger partial charge in [0.2, 0.25) is 0 Å². The third-order valence-electron chi connectivity index (χ3n) is 1.64. The van der Waals surface area contributed by atoms with E-state index in [4.69, 9.17) is 5.11 Å². The molecule has 0 radical (unpaired) electrons. The first-order chi connectivity index (χ1) is 7.00. The maximum absolute atomic E-state index is 11.5. The zero-order valence-corrected chi connectivity index (χ0v) is 9.48. The molecule has 80 valence electrons. The number of aromatic nitrogens is 1. The van der Waals surface area contributed by atoms with Crippen molar-refractivity contribution in [3.63, 3.8) is 0 Å². The molecule has 1 atom stereocenters. The predicted octanol–water partition coefficient (Wildman–Crippen LogP) is 2.14. The summed E-state index contributed by atoms with van der Waals surface area (Å²) in [5, 5.41) is 10.5. The SMILES string of the molecule is CC(Br)C(=O)c1ccc(NC(=O)O)nc1. The van der Waals surface area contributed by atoms with Crippen LogP contribution in [0.2, 0.25) is 0 Å². The number of alkyl halides is 1. The van der Waals surface area contributed by atoms with Crippen LogP contribution in [0.3, 0.4) is 0 Å². The molecule has 0 aromatic carbocycles. The summed E-state index contributed by atoms with van der Waals surface area (Å²) in [6.07, 6.45) is 0.154. The summed E-state index contributed by atoms with van der Waals surface area (Å²) in [7, 11) is 0. The van der Waals surface area contributed by atoms with E-state index in [0.29, 0.717) is 5.56 Å². The van der Waals surface area contributed by atoms with Crippen LogP contribution in [0.25, 0.3) is 0 Å². The van der Waals surface area contributed by atoms with Gasteiger partial charge in [-0.2, -0.15) is 0 Å². The minimum atomic E-state index is -1.18. The largest absolute Gasteiger partial charge is 0.465 e. The number of hydrogen-bond acceptors (Lipinski definition) is 3. The van der Waals surface area contributed by atoms with Crippen molar-refractivity contribution >= 4 is 33.6 Å². The van der Waals surface area contributed by atoms with Gasteiger partial charge in [0, 0.05) is 11.8 Å². The molecule has 1 amide bonds. The molecule has 1 unspecified atom stereocenters. The van der Waals surface area contributed by atoms with Crippen molar-refractivity contribution in [3.05, 3.63) is 23.9 Å². The van der Waals surface area contributed by atoms with E-state index in [1.807, 2.05) is 0 Å². The number of carboxylic acid groups (broad SMARTS) is 1. The molecule has 6 heteroatoms. The van der Waals surface area contributed by atoms with E-state index in [1.165, 1.54) is 18.3 Å². The summed E-state index contributed by atoms with van der Waals surface area (Å²) >= 11 is 3.15. The number of anilines is 1. The van der Waals surface area contributed by atoms with Gasteiger partial charge in [-0.05, 0) is 19.1 Å². The monoisotopic (exact) mass is 272 g/mol. The minimum Gasteiger partial charge on any atom is -0.465 e. The van der Waals surface area contributed by atoms with Crippen LogP contribution in [-0.2, 0) is 0 Å². The molecular weight excluding hydrogens is 264 g/mol. The van der Waals surface area contributed by atoms with E-state index in [9.17, 15) is 9.59 Å². The Labute approximate surface area is 94.6 Å². The Kier molecular flexibility index (Phi) is 3.79. The van der Waals surface area contributed by atoms with Gasteiger partial charge in [0.25, 0.3) is 0 Å². The maximum atomic E-state index is 11.5. The zero-order chi connectivity index (χ0) is 11.4. The second-order valence-electron chi connectivity index (χ2n) is 2.84. The fourth-order valence-electron chi connectivity index (χ4n) is 0.953. The van der Waals surface area contributed by atoms with Gasteiger partial charge in [-0.15, -0.1) is 0 Å². The van der Waals surface area contributed by atoms with Crippen LogP contribution in [-0.4, -0.2) is 26.8 Å². The second-order valence-corrected chi connectivity index (χ2v) is 4.22. The fraction of sp³-hybridized carbons (Fsp3) is 0.222. The summed E-state index contributed by atoms with van der Waals surface area (Å²) in [6, 6.07) is 2.97. The Morgan fingerprint density at radius 2 is 2.20 bits per heavy atom. The summed E-state index contributed by atoms with van der Waals surface area (Å²) < 4.78 is 0. The molecule has 1 aromatic heterocycles. The Bertz CT molecular complexity index is 375. The Hall–Kier alpha value is -1.43. The van der Waals surface area contributed by atoms with Gasteiger partial charge >= 0.3 is 6.09 Å². The number of hydrogen-bond donors (Lipinski definition) is 2. The molecule has 1 heterocycles. The van der Waals surface area contributed by atoms with Gasteiger partial charge in [-0.25, -0.2) is 9.78 Å². The Balaban J connectivity index is 2.81. The van der Waals surface area contributed by atoms with Crippen molar-refractivity contribution in [2.45, 2.75) is 11.8 Å². The molecule has 0 bridgehead atoms. The van der Waals surface area contributed by atoms with E-state index in [1.54, 1.807) is 6.92 Å². The standard InChI is InChI=1S/C9H9BrN2O3/c1-5(10)8(13)6-2-3-7(11-4-6)12-9(14)15/h2-5H,1H3,(H,11,12)(H,14,15). The molecule has 0 saturated carbocycles. The van der Waals surface area contributed by atoms with Crippen LogP contribution < -0.4 is 5.32 Å². The van der Waals surface area contributed by atoms with Crippen LogP contribution in [0.15, 0.2) is 18.3 Å². The van der Waals surface area contributed by atoms with E-state index < -0.39 is 6.09 Å². The molecule has 0 aliphatic rings. The fourth-order valence-corrected chi connectivity index (χ4v) is 1.22. The van der Waals surface area contributed by atoms with E-state index in [-0.39, 0.29) is 16.4 Å². The highest BCUT2D eigenvalue weighted by molar-refractivity contribution is 9.10. The second kappa shape index (κ2) is 4.88. The van der Waals surface area contributed by atoms with Gasteiger partial charge in [-0.1, -0.05) is 15.9 Å². The van der Waals surface area contributed by atoms with Gasteiger partial charge < -0.3 is 5.11 Å². The number of nitrogens with one attached hydrogen (secondary N) is 1. The molecule has 0 spiro atoms. The third-order valence-corrected chi connectivity index (χ3v) is 2.06. The van der Waals surface area contributed by atoms with E-state index >= 15 is 0 Å². The van der Waals surface area contributed by atoms with Crippen molar-refractivity contribution in [2.75, 3.05) is 5.32 Å². The summed E-state index contributed by atoms with van der Waals surface area (Å²) in [6.45, 7) is 1.71. The van der Waals surface area contributed by atoms with E-state index in [0.717, 1.165) is 0 Å². The van der Waals surface area contributed by atoms with Crippen molar-refractivity contribution in [1.82, 2.24) is 4.98 Å². The van der Waals surface area contributed by atoms with Gasteiger partial charge in [-0.3, -0.25) is 10.1 Å².